The molecule has 0 saturated heterocycles. The zero-order valence-electron chi connectivity index (χ0n) is 16.3. The second kappa shape index (κ2) is 8.09. The molecule has 0 saturated carbocycles. The van der Waals surface area contributed by atoms with Gasteiger partial charge in [0.25, 0.3) is 11.4 Å². The summed E-state index contributed by atoms with van der Waals surface area (Å²) in [7, 11) is 0. The van der Waals surface area contributed by atoms with Crippen LogP contribution in [0.4, 0.5) is 4.39 Å². The normalized spacial score (nSPS) is 11.3. The van der Waals surface area contributed by atoms with E-state index in [2.05, 4.69) is 15.1 Å². The number of aryl methyl sites for hydroxylation is 1. The summed E-state index contributed by atoms with van der Waals surface area (Å²) in [6, 6.07) is 13.7. The summed E-state index contributed by atoms with van der Waals surface area (Å²) in [6.07, 6.45) is 0. The molecular weight excluding hydrogens is 435 g/mol. The maximum absolute atomic E-state index is 14.3. The molecule has 2 aromatic carbocycles. The molecule has 9 heteroatoms. The number of para-hydroxylation sites is 1. The fraction of sp³-hybridized carbons (Fsp3) is 0.0909. The molecule has 3 aromatic heterocycles. The van der Waals surface area contributed by atoms with Crippen LogP contribution in [0, 0.1) is 12.7 Å². The first-order chi connectivity index (χ1) is 15.1. The van der Waals surface area contributed by atoms with Crippen molar-refractivity contribution in [3.8, 4) is 17.1 Å². The van der Waals surface area contributed by atoms with Crippen molar-refractivity contribution in [2.75, 3.05) is 0 Å². The third-order valence-corrected chi connectivity index (χ3v) is 6.34. The second-order valence-electron chi connectivity index (χ2n) is 6.80. The molecule has 0 N–H and O–H groups in total. The number of rotatable bonds is 5. The van der Waals surface area contributed by atoms with E-state index in [0.717, 1.165) is 5.56 Å². The summed E-state index contributed by atoms with van der Waals surface area (Å²) in [4.78, 5) is 22.3. The SMILES string of the molecule is Cc1ccc(-n2c(SCc3noc(-c4ccsc4)n3)nc3ccccc3c2=O)cc1F. The minimum absolute atomic E-state index is 0.261. The van der Waals surface area contributed by atoms with Gasteiger partial charge in [-0.3, -0.25) is 9.36 Å². The summed E-state index contributed by atoms with van der Waals surface area (Å²) < 4.78 is 21.0. The van der Waals surface area contributed by atoms with Crippen molar-refractivity contribution in [3.05, 3.63) is 86.8 Å². The lowest BCUT2D eigenvalue weighted by molar-refractivity contribution is 0.425. The zero-order valence-corrected chi connectivity index (χ0v) is 17.9. The summed E-state index contributed by atoms with van der Waals surface area (Å²) in [5.74, 6) is 0.885. The van der Waals surface area contributed by atoms with Crippen LogP contribution in [0.2, 0.25) is 0 Å². The largest absolute Gasteiger partial charge is 0.334 e. The van der Waals surface area contributed by atoms with Gasteiger partial charge >= 0.3 is 0 Å². The molecule has 0 bridgehead atoms. The van der Waals surface area contributed by atoms with E-state index in [1.165, 1.54) is 22.4 Å². The quantitative estimate of drug-likeness (QED) is 0.269. The van der Waals surface area contributed by atoms with Crippen molar-refractivity contribution >= 4 is 34.0 Å². The molecule has 0 aliphatic heterocycles. The van der Waals surface area contributed by atoms with Gasteiger partial charge in [-0.05, 0) is 48.2 Å². The van der Waals surface area contributed by atoms with Gasteiger partial charge in [-0.1, -0.05) is 35.1 Å². The molecule has 6 nitrogen and oxygen atoms in total. The third kappa shape index (κ3) is 3.77. The van der Waals surface area contributed by atoms with Gasteiger partial charge in [-0.15, -0.1) is 0 Å². The summed E-state index contributed by atoms with van der Waals surface area (Å²) in [5.41, 5.74) is 2.10. The van der Waals surface area contributed by atoms with Crippen LogP contribution in [-0.2, 0) is 5.75 Å². The van der Waals surface area contributed by atoms with E-state index in [4.69, 9.17) is 4.52 Å². The summed E-state index contributed by atoms with van der Waals surface area (Å²) in [5, 5.41) is 8.78. The molecular formula is C22H15FN4O2S2. The fourth-order valence-electron chi connectivity index (χ4n) is 3.10. The van der Waals surface area contributed by atoms with Crippen molar-refractivity contribution in [1.29, 1.82) is 0 Å². The fourth-order valence-corrected chi connectivity index (χ4v) is 4.59. The Morgan fingerprint density at radius 3 is 2.84 bits per heavy atom. The molecule has 0 fully saturated rings. The predicted octanol–water partition coefficient (Wildman–Crippen LogP) is 5.24. The lowest BCUT2D eigenvalue weighted by atomic mass is 10.2. The van der Waals surface area contributed by atoms with Crippen LogP contribution in [0.1, 0.15) is 11.4 Å². The molecule has 0 unspecified atom stereocenters. The summed E-state index contributed by atoms with van der Waals surface area (Å²) in [6.45, 7) is 1.68. The van der Waals surface area contributed by atoms with Crippen LogP contribution in [0.5, 0.6) is 0 Å². The third-order valence-electron chi connectivity index (χ3n) is 4.73. The van der Waals surface area contributed by atoms with Gasteiger partial charge in [0.15, 0.2) is 11.0 Å². The topological polar surface area (TPSA) is 73.8 Å². The van der Waals surface area contributed by atoms with Crippen LogP contribution < -0.4 is 5.56 Å². The highest BCUT2D eigenvalue weighted by Crippen LogP contribution is 2.26. The maximum atomic E-state index is 14.3. The molecule has 5 rings (SSSR count). The Bertz CT molecular complexity index is 1440. The van der Waals surface area contributed by atoms with Gasteiger partial charge in [-0.25, -0.2) is 9.37 Å². The highest BCUT2D eigenvalue weighted by Gasteiger charge is 2.16. The highest BCUT2D eigenvalue weighted by molar-refractivity contribution is 7.98. The number of thiophene rings is 1. The van der Waals surface area contributed by atoms with E-state index < -0.39 is 0 Å². The van der Waals surface area contributed by atoms with E-state index in [9.17, 15) is 9.18 Å². The van der Waals surface area contributed by atoms with Gasteiger partial charge in [0.1, 0.15) is 5.82 Å². The first-order valence-electron chi connectivity index (χ1n) is 9.36. The first kappa shape index (κ1) is 19.7. The number of thioether (sulfide) groups is 1. The number of hydrogen-bond donors (Lipinski definition) is 0. The van der Waals surface area contributed by atoms with E-state index in [0.29, 0.717) is 44.8 Å². The average molecular weight is 451 g/mol. The van der Waals surface area contributed by atoms with Crippen LogP contribution in [-0.4, -0.2) is 19.7 Å². The molecule has 31 heavy (non-hydrogen) atoms. The van der Waals surface area contributed by atoms with Crippen molar-refractivity contribution in [1.82, 2.24) is 19.7 Å². The van der Waals surface area contributed by atoms with Gasteiger partial charge < -0.3 is 4.52 Å². The Labute approximate surface area is 184 Å². The molecule has 0 aliphatic rings. The number of benzene rings is 2. The Balaban J connectivity index is 1.55. The number of hydrogen-bond acceptors (Lipinski definition) is 7. The van der Waals surface area contributed by atoms with Crippen molar-refractivity contribution in [2.24, 2.45) is 0 Å². The second-order valence-corrected chi connectivity index (χ2v) is 8.52. The highest BCUT2D eigenvalue weighted by atomic mass is 32.2. The van der Waals surface area contributed by atoms with E-state index in [1.54, 1.807) is 48.6 Å². The minimum Gasteiger partial charge on any atom is -0.334 e. The van der Waals surface area contributed by atoms with Gasteiger partial charge in [0.05, 0.1) is 27.9 Å². The lowest BCUT2D eigenvalue weighted by Gasteiger charge is -2.13. The molecule has 154 valence electrons. The number of aromatic nitrogens is 4. The monoisotopic (exact) mass is 450 g/mol. The molecule has 5 aromatic rings. The van der Waals surface area contributed by atoms with Crippen LogP contribution >= 0.6 is 23.1 Å². The number of halogens is 1. The minimum atomic E-state index is -0.382. The number of nitrogens with zero attached hydrogens (tertiary/aromatic N) is 4. The Kier molecular flexibility index (Phi) is 5.13. The van der Waals surface area contributed by atoms with E-state index >= 15 is 0 Å². The predicted molar refractivity (Wildman–Crippen MR) is 119 cm³/mol. The van der Waals surface area contributed by atoms with E-state index in [-0.39, 0.29) is 11.4 Å². The van der Waals surface area contributed by atoms with Crippen molar-refractivity contribution < 1.29 is 8.91 Å². The molecule has 0 amide bonds. The summed E-state index contributed by atoms with van der Waals surface area (Å²) >= 11 is 2.84. The van der Waals surface area contributed by atoms with Gasteiger partial charge in [0.2, 0.25) is 0 Å². The molecule has 0 spiro atoms. The standard InChI is InChI=1S/C22H15FN4O2S2/c1-13-6-7-15(10-17(13)23)27-21(28)16-4-2-3-5-18(16)24-22(27)31-12-19-25-20(29-26-19)14-8-9-30-11-14/h2-11H,12H2,1H3. The Morgan fingerprint density at radius 1 is 1.16 bits per heavy atom. The van der Waals surface area contributed by atoms with Gasteiger partial charge in [-0.2, -0.15) is 16.3 Å². The molecule has 3 heterocycles. The van der Waals surface area contributed by atoms with E-state index in [1.807, 2.05) is 22.9 Å². The average Bonchev–Trinajstić information content (AvgIpc) is 3.46. The first-order valence-corrected chi connectivity index (χ1v) is 11.3. The van der Waals surface area contributed by atoms with Crippen LogP contribution in [0.3, 0.4) is 0 Å². The Hall–Kier alpha value is -3.30. The maximum Gasteiger partial charge on any atom is 0.266 e. The van der Waals surface area contributed by atoms with Gasteiger partial charge in [0, 0.05) is 5.38 Å². The molecule has 0 radical (unpaired) electrons. The number of fused-ring (bicyclic) bond motifs is 1. The van der Waals surface area contributed by atoms with Crippen LogP contribution in [0.25, 0.3) is 28.0 Å². The zero-order chi connectivity index (χ0) is 21.4. The smallest absolute Gasteiger partial charge is 0.266 e. The lowest BCUT2D eigenvalue weighted by Crippen LogP contribution is -2.22. The molecule has 0 atom stereocenters. The molecule has 0 aliphatic carbocycles. The van der Waals surface area contributed by atoms with Crippen molar-refractivity contribution in [2.45, 2.75) is 17.8 Å². The van der Waals surface area contributed by atoms with Crippen molar-refractivity contribution in [3.63, 3.8) is 0 Å². The van der Waals surface area contributed by atoms with Crippen LogP contribution in [0.15, 0.2) is 73.8 Å². The Morgan fingerprint density at radius 2 is 2.03 bits per heavy atom.